The van der Waals surface area contributed by atoms with Crippen LogP contribution in [0.15, 0.2) is 41.6 Å². The molecule has 2 heterocycles. The zero-order valence-electron chi connectivity index (χ0n) is 13.6. The number of nitrogens with one attached hydrogen (secondary N) is 1. The molecule has 7 nitrogen and oxygen atoms in total. The first-order valence-corrected chi connectivity index (χ1v) is 9.17. The number of hydrogen-bond donors (Lipinski definition) is 1. The van der Waals surface area contributed by atoms with Gasteiger partial charge in [0, 0.05) is 32.1 Å². The Morgan fingerprint density at radius 2 is 1.96 bits per heavy atom. The lowest BCUT2D eigenvalue weighted by Crippen LogP contribution is -2.37. The third-order valence-corrected chi connectivity index (χ3v) is 6.30. The highest BCUT2D eigenvalue weighted by Gasteiger charge is 2.37. The van der Waals surface area contributed by atoms with E-state index < -0.39 is 16.1 Å². The molecule has 1 unspecified atom stereocenters. The van der Waals surface area contributed by atoms with Gasteiger partial charge in [-0.3, -0.25) is 9.48 Å². The van der Waals surface area contributed by atoms with E-state index in [0.717, 1.165) is 5.56 Å². The lowest BCUT2D eigenvalue weighted by molar-refractivity contribution is -0.121. The Morgan fingerprint density at radius 3 is 2.58 bits per heavy atom. The molecule has 3 rings (SSSR count). The highest BCUT2D eigenvalue weighted by Crippen LogP contribution is 2.32. The number of hydrogen-bond acceptors (Lipinski definition) is 4. The molecule has 1 fully saturated rings. The highest BCUT2D eigenvalue weighted by atomic mass is 32.2. The molecule has 2 aromatic rings. The average molecular weight is 348 g/mol. The van der Waals surface area contributed by atoms with Gasteiger partial charge in [-0.2, -0.15) is 9.40 Å². The number of amides is 1. The Kier molecular flexibility index (Phi) is 4.42. The summed E-state index contributed by atoms with van der Waals surface area (Å²) in [5, 5.41) is 6.96. The standard InChI is InChI=1S/C16H20N4O3S/c1-12-11-18-19(2)16(12)24(22,23)20-9-8-17-15(21)10-14(20)13-6-4-3-5-7-13/h3-7,11,14H,8-10H2,1-2H3,(H,17,21). The lowest BCUT2D eigenvalue weighted by atomic mass is 10.0. The van der Waals surface area contributed by atoms with Crippen molar-refractivity contribution in [2.75, 3.05) is 13.1 Å². The van der Waals surface area contributed by atoms with Crippen LogP contribution in [0, 0.1) is 6.92 Å². The third kappa shape index (κ3) is 2.94. The predicted octanol–water partition coefficient (Wildman–Crippen LogP) is 0.980. The minimum atomic E-state index is -3.78. The van der Waals surface area contributed by atoms with Crippen LogP contribution in [0.4, 0.5) is 0 Å². The largest absolute Gasteiger partial charge is 0.355 e. The molecule has 1 aromatic carbocycles. The monoisotopic (exact) mass is 348 g/mol. The van der Waals surface area contributed by atoms with Crippen LogP contribution >= 0.6 is 0 Å². The van der Waals surface area contributed by atoms with Gasteiger partial charge in [0.05, 0.1) is 12.2 Å². The second-order valence-electron chi connectivity index (χ2n) is 5.85. The Bertz CT molecular complexity index is 826. The van der Waals surface area contributed by atoms with Crippen LogP contribution in [0.3, 0.4) is 0 Å². The Labute approximate surface area is 141 Å². The molecule has 0 radical (unpaired) electrons. The molecule has 0 bridgehead atoms. The Morgan fingerprint density at radius 1 is 1.25 bits per heavy atom. The van der Waals surface area contributed by atoms with Crippen molar-refractivity contribution < 1.29 is 13.2 Å². The number of benzene rings is 1. The Hall–Kier alpha value is -2.19. The summed E-state index contributed by atoms with van der Waals surface area (Å²) in [7, 11) is -2.17. The molecular formula is C16H20N4O3S. The minimum absolute atomic E-state index is 0.0974. The molecule has 24 heavy (non-hydrogen) atoms. The summed E-state index contributed by atoms with van der Waals surface area (Å²) in [5.74, 6) is -0.150. The maximum absolute atomic E-state index is 13.3. The zero-order chi connectivity index (χ0) is 17.3. The van der Waals surface area contributed by atoms with Crippen molar-refractivity contribution in [3.05, 3.63) is 47.7 Å². The van der Waals surface area contributed by atoms with Crippen molar-refractivity contribution >= 4 is 15.9 Å². The summed E-state index contributed by atoms with van der Waals surface area (Å²) in [4.78, 5) is 12.0. The second-order valence-corrected chi connectivity index (χ2v) is 7.66. The van der Waals surface area contributed by atoms with E-state index >= 15 is 0 Å². The van der Waals surface area contributed by atoms with Crippen molar-refractivity contribution in [2.24, 2.45) is 7.05 Å². The fraction of sp³-hybridized carbons (Fsp3) is 0.375. The molecule has 1 atom stereocenters. The molecule has 1 aliphatic heterocycles. The van der Waals surface area contributed by atoms with Crippen LogP contribution in [0.25, 0.3) is 0 Å². The molecule has 0 aliphatic carbocycles. The maximum atomic E-state index is 13.3. The molecule has 1 saturated heterocycles. The van der Waals surface area contributed by atoms with Gasteiger partial charge in [-0.1, -0.05) is 30.3 Å². The molecule has 0 saturated carbocycles. The van der Waals surface area contributed by atoms with Crippen LogP contribution in [-0.2, 0) is 21.9 Å². The fourth-order valence-corrected chi connectivity index (χ4v) is 5.00. The number of carbonyl (C=O) groups excluding carboxylic acids is 1. The number of aryl methyl sites for hydroxylation is 2. The van der Waals surface area contributed by atoms with E-state index in [0.29, 0.717) is 5.56 Å². The summed E-state index contributed by atoms with van der Waals surface area (Å²) in [6, 6.07) is 8.72. The molecule has 1 aromatic heterocycles. The lowest BCUT2D eigenvalue weighted by Gasteiger charge is -2.28. The van der Waals surface area contributed by atoms with Gasteiger partial charge in [-0.05, 0) is 12.5 Å². The molecular weight excluding hydrogens is 328 g/mol. The van der Waals surface area contributed by atoms with Gasteiger partial charge < -0.3 is 5.32 Å². The third-order valence-electron chi connectivity index (χ3n) is 4.17. The van der Waals surface area contributed by atoms with Crippen molar-refractivity contribution in [2.45, 2.75) is 24.4 Å². The fourth-order valence-electron chi connectivity index (χ4n) is 3.08. The zero-order valence-corrected chi connectivity index (χ0v) is 14.5. The number of sulfonamides is 1. The Balaban J connectivity index is 2.10. The number of rotatable bonds is 3. The van der Waals surface area contributed by atoms with Crippen LogP contribution in [-0.4, -0.2) is 41.5 Å². The van der Waals surface area contributed by atoms with Gasteiger partial charge in [0.1, 0.15) is 0 Å². The van der Waals surface area contributed by atoms with Crippen molar-refractivity contribution in [1.82, 2.24) is 19.4 Å². The summed E-state index contributed by atoms with van der Waals surface area (Å²) in [6.45, 7) is 2.23. The molecule has 128 valence electrons. The van der Waals surface area contributed by atoms with Gasteiger partial charge in [-0.25, -0.2) is 8.42 Å². The van der Waals surface area contributed by atoms with Gasteiger partial charge >= 0.3 is 0 Å². The normalized spacial score (nSPS) is 19.8. The average Bonchev–Trinajstić information content (AvgIpc) is 2.78. The second kappa shape index (κ2) is 6.37. The number of nitrogens with zero attached hydrogens (tertiary/aromatic N) is 3. The smallest absolute Gasteiger partial charge is 0.261 e. The predicted molar refractivity (Wildman–Crippen MR) is 88.6 cm³/mol. The summed E-state index contributed by atoms with van der Waals surface area (Å²) in [5.41, 5.74) is 1.39. The number of carbonyl (C=O) groups is 1. The number of aromatic nitrogens is 2. The van der Waals surface area contributed by atoms with Crippen molar-refractivity contribution in [3.8, 4) is 0 Å². The van der Waals surface area contributed by atoms with Crippen LogP contribution in [0.2, 0.25) is 0 Å². The first-order valence-electron chi connectivity index (χ1n) is 7.73. The van der Waals surface area contributed by atoms with E-state index in [-0.39, 0.29) is 30.4 Å². The van der Waals surface area contributed by atoms with E-state index in [2.05, 4.69) is 10.4 Å². The van der Waals surface area contributed by atoms with Gasteiger partial charge in [-0.15, -0.1) is 0 Å². The van der Waals surface area contributed by atoms with Gasteiger partial charge in [0.25, 0.3) is 10.0 Å². The molecule has 0 spiro atoms. The first kappa shape index (κ1) is 16.7. The van der Waals surface area contributed by atoms with E-state index in [4.69, 9.17) is 0 Å². The van der Waals surface area contributed by atoms with Crippen molar-refractivity contribution in [3.63, 3.8) is 0 Å². The van der Waals surface area contributed by atoms with E-state index in [1.54, 1.807) is 14.0 Å². The van der Waals surface area contributed by atoms with Crippen molar-refractivity contribution in [1.29, 1.82) is 0 Å². The highest BCUT2D eigenvalue weighted by molar-refractivity contribution is 7.89. The molecule has 1 N–H and O–H groups in total. The quantitative estimate of drug-likeness (QED) is 0.896. The molecule has 1 amide bonds. The van der Waals surface area contributed by atoms with E-state index in [1.807, 2.05) is 30.3 Å². The van der Waals surface area contributed by atoms with E-state index in [1.165, 1.54) is 15.2 Å². The maximum Gasteiger partial charge on any atom is 0.261 e. The first-order chi connectivity index (χ1) is 11.4. The molecule has 8 heteroatoms. The topological polar surface area (TPSA) is 84.3 Å². The van der Waals surface area contributed by atoms with Crippen LogP contribution in [0.1, 0.15) is 23.6 Å². The van der Waals surface area contributed by atoms with Crippen LogP contribution < -0.4 is 5.32 Å². The van der Waals surface area contributed by atoms with Gasteiger partial charge in [0.2, 0.25) is 5.91 Å². The minimum Gasteiger partial charge on any atom is -0.355 e. The summed E-state index contributed by atoms with van der Waals surface area (Å²) < 4.78 is 29.3. The van der Waals surface area contributed by atoms with E-state index in [9.17, 15) is 13.2 Å². The SMILES string of the molecule is Cc1cnn(C)c1S(=O)(=O)N1CCNC(=O)CC1c1ccccc1. The van der Waals surface area contributed by atoms with Gasteiger partial charge in [0.15, 0.2) is 5.03 Å². The summed E-state index contributed by atoms with van der Waals surface area (Å²) in [6.07, 6.45) is 1.63. The summed E-state index contributed by atoms with van der Waals surface area (Å²) >= 11 is 0. The molecule has 1 aliphatic rings. The van der Waals surface area contributed by atoms with Crippen LogP contribution in [0.5, 0.6) is 0 Å².